The molecule has 0 aliphatic carbocycles. The molecule has 0 N–H and O–H groups in total. The molecule has 0 spiro atoms. The smallest absolute Gasteiger partial charge is 0.0506 e. The number of halogens is 1. The molecule has 0 fully saturated rings. The van der Waals surface area contributed by atoms with E-state index in [4.69, 9.17) is 16.3 Å². The number of ether oxygens (including phenoxy) is 1. The van der Waals surface area contributed by atoms with E-state index < -0.39 is 0 Å². The average molecular weight is 199 g/mol. The van der Waals surface area contributed by atoms with Crippen LogP contribution in [0.3, 0.4) is 0 Å². The van der Waals surface area contributed by atoms with Crippen molar-refractivity contribution in [1.82, 2.24) is 0 Å². The molecule has 13 heavy (non-hydrogen) atoms. The molecule has 0 bridgehead atoms. The lowest BCUT2D eigenvalue weighted by Crippen LogP contribution is -1.98. The fourth-order valence-corrected chi connectivity index (χ4v) is 1.21. The van der Waals surface area contributed by atoms with Crippen LogP contribution >= 0.6 is 11.6 Å². The van der Waals surface area contributed by atoms with Crippen LogP contribution < -0.4 is 0 Å². The van der Waals surface area contributed by atoms with E-state index in [2.05, 4.69) is 6.92 Å². The topological polar surface area (TPSA) is 9.23 Å². The quantitative estimate of drug-likeness (QED) is 0.660. The van der Waals surface area contributed by atoms with Gasteiger partial charge in [-0.05, 0) is 30.5 Å². The summed E-state index contributed by atoms with van der Waals surface area (Å²) in [5.41, 5.74) is 1.28. The van der Waals surface area contributed by atoms with E-state index in [1.165, 1.54) is 5.56 Å². The van der Waals surface area contributed by atoms with E-state index in [1.54, 1.807) is 0 Å². The Kier molecular flexibility index (Phi) is 4.87. The monoisotopic (exact) mass is 198 g/mol. The molecule has 0 heterocycles. The fourth-order valence-electron chi connectivity index (χ4n) is 1.09. The predicted octanol–water partition coefficient (Wildman–Crippen LogP) is 3.31. The highest BCUT2D eigenvalue weighted by Gasteiger charge is 1.92. The van der Waals surface area contributed by atoms with Gasteiger partial charge in [0.05, 0.1) is 6.61 Å². The number of hydrogen-bond acceptors (Lipinski definition) is 1. The molecule has 0 aliphatic rings. The zero-order valence-corrected chi connectivity index (χ0v) is 8.68. The van der Waals surface area contributed by atoms with E-state index in [0.717, 1.165) is 31.1 Å². The van der Waals surface area contributed by atoms with Crippen molar-refractivity contribution in [3.8, 4) is 0 Å². The summed E-state index contributed by atoms with van der Waals surface area (Å²) in [5, 5.41) is 0.790. The zero-order valence-electron chi connectivity index (χ0n) is 7.92. The molecule has 2 heteroatoms. The minimum absolute atomic E-state index is 0.790. The van der Waals surface area contributed by atoms with Crippen molar-refractivity contribution in [2.24, 2.45) is 0 Å². The lowest BCUT2D eigenvalue weighted by molar-refractivity contribution is 0.138. The zero-order chi connectivity index (χ0) is 9.52. The lowest BCUT2D eigenvalue weighted by atomic mass is 10.2. The summed E-state index contributed by atoms with van der Waals surface area (Å²) in [6.45, 7) is 3.77. The van der Waals surface area contributed by atoms with Crippen molar-refractivity contribution in [1.29, 1.82) is 0 Å². The van der Waals surface area contributed by atoms with Crippen LogP contribution in [0.1, 0.15) is 18.9 Å². The maximum atomic E-state index is 5.76. The Hall–Kier alpha value is -0.530. The highest BCUT2D eigenvalue weighted by Crippen LogP contribution is 2.09. The van der Waals surface area contributed by atoms with Gasteiger partial charge in [-0.2, -0.15) is 0 Å². The van der Waals surface area contributed by atoms with Gasteiger partial charge in [-0.3, -0.25) is 0 Å². The Labute approximate surface area is 84.7 Å². The Bertz CT molecular complexity index is 230. The van der Waals surface area contributed by atoms with E-state index in [-0.39, 0.29) is 0 Å². The number of hydrogen-bond donors (Lipinski definition) is 0. The maximum Gasteiger partial charge on any atom is 0.0506 e. The SMILES string of the molecule is CCCOCCc1ccc(Cl)cc1. The van der Waals surface area contributed by atoms with E-state index in [1.807, 2.05) is 24.3 Å². The van der Waals surface area contributed by atoms with Crippen LogP contribution in [0.15, 0.2) is 24.3 Å². The molecule has 1 aromatic rings. The molecule has 1 rings (SSSR count). The second-order valence-corrected chi connectivity index (χ2v) is 3.43. The van der Waals surface area contributed by atoms with E-state index >= 15 is 0 Å². The Balaban J connectivity index is 2.25. The first-order chi connectivity index (χ1) is 6.33. The molecule has 0 aliphatic heterocycles. The van der Waals surface area contributed by atoms with Crippen LogP contribution in [-0.4, -0.2) is 13.2 Å². The minimum Gasteiger partial charge on any atom is -0.381 e. The molecule has 1 nitrogen and oxygen atoms in total. The summed E-state index contributed by atoms with van der Waals surface area (Å²) in [5.74, 6) is 0. The highest BCUT2D eigenvalue weighted by molar-refractivity contribution is 6.30. The molecule has 0 saturated heterocycles. The summed E-state index contributed by atoms with van der Waals surface area (Å²) in [7, 11) is 0. The third-order valence-electron chi connectivity index (χ3n) is 1.80. The first-order valence-electron chi connectivity index (χ1n) is 4.65. The molecule has 0 saturated carbocycles. The van der Waals surface area contributed by atoms with E-state index in [0.29, 0.717) is 0 Å². The number of benzene rings is 1. The van der Waals surface area contributed by atoms with Crippen LogP contribution in [0.5, 0.6) is 0 Å². The van der Waals surface area contributed by atoms with Gasteiger partial charge in [0, 0.05) is 11.6 Å². The predicted molar refractivity (Wildman–Crippen MR) is 56.3 cm³/mol. The van der Waals surface area contributed by atoms with Crippen molar-refractivity contribution in [3.63, 3.8) is 0 Å². The molecule has 0 amide bonds. The molecule has 0 atom stereocenters. The van der Waals surface area contributed by atoms with Crippen LogP contribution in [0, 0.1) is 0 Å². The van der Waals surface area contributed by atoms with Crippen molar-refractivity contribution in [2.45, 2.75) is 19.8 Å². The van der Waals surface area contributed by atoms with Crippen molar-refractivity contribution < 1.29 is 4.74 Å². The molecule has 72 valence electrons. The molecular weight excluding hydrogens is 184 g/mol. The molecule has 1 aromatic carbocycles. The molecule has 0 aromatic heterocycles. The van der Waals surface area contributed by atoms with Gasteiger partial charge in [0.1, 0.15) is 0 Å². The van der Waals surface area contributed by atoms with Gasteiger partial charge in [-0.15, -0.1) is 0 Å². The minimum atomic E-state index is 0.790. The van der Waals surface area contributed by atoms with Crippen molar-refractivity contribution in [2.75, 3.05) is 13.2 Å². The van der Waals surface area contributed by atoms with E-state index in [9.17, 15) is 0 Å². The first-order valence-corrected chi connectivity index (χ1v) is 5.03. The Morgan fingerprint density at radius 3 is 2.46 bits per heavy atom. The third-order valence-corrected chi connectivity index (χ3v) is 2.05. The normalized spacial score (nSPS) is 10.3. The van der Waals surface area contributed by atoms with Gasteiger partial charge in [0.15, 0.2) is 0 Å². The lowest BCUT2D eigenvalue weighted by Gasteiger charge is -2.02. The standard InChI is InChI=1S/C11H15ClO/c1-2-8-13-9-7-10-3-5-11(12)6-4-10/h3-6H,2,7-9H2,1H3. The Morgan fingerprint density at radius 1 is 1.15 bits per heavy atom. The molecule has 0 radical (unpaired) electrons. The van der Waals surface area contributed by atoms with Crippen LogP contribution in [0.25, 0.3) is 0 Å². The highest BCUT2D eigenvalue weighted by atomic mass is 35.5. The maximum absolute atomic E-state index is 5.76. The second kappa shape index (κ2) is 6.01. The summed E-state index contributed by atoms with van der Waals surface area (Å²) in [4.78, 5) is 0. The summed E-state index contributed by atoms with van der Waals surface area (Å²) < 4.78 is 5.38. The average Bonchev–Trinajstić information content (AvgIpc) is 2.15. The number of rotatable bonds is 5. The largest absolute Gasteiger partial charge is 0.381 e. The fraction of sp³-hybridized carbons (Fsp3) is 0.455. The Morgan fingerprint density at radius 2 is 1.85 bits per heavy atom. The van der Waals surface area contributed by atoms with Crippen LogP contribution in [0.2, 0.25) is 5.02 Å². The molecular formula is C11H15ClO. The van der Waals surface area contributed by atoms with Gasteiger partial charge < -0.3 is 4.74 Å². The van der Waals surface area contributed by atoms with Gasteiger partial charge >= 0.3 is 0 Å². The second-order valence-electron chi connectivity index (χ2n) is 2.99. The summed E-state index contributed by atoms with van der Waals surface area (Å²) >= 11 is 5.76. The van der Waals surface area contributed by atoms with Crippen molar-refractivity contribution in [3.05, 3.63) is 34.9 Å². The third kappa shape index (κ3) is 4.30. The van der Waals surface area contributed by atoms with Crippen LogP contribution in [-0.2, 0) is 11.2 Å². The van der Waals surface area contributed by atoms with Gasteiger partial charge in [0.25, 0.3) is 0 Å². The van der Waals surface area contributed by atoms with Crippen molar-refractivity contribution >= 4 is 11.6 Å². The van der Waals surface area contributed by atoms with Gasteiger partial charge in [0.2, 0.25) is 0 Å². The van der Waals surface area contributed by atoms with Gasteiger partial charge in [-0.25, -0.2) is 0 Å². The van der Waals surface area contributed by atoms with Crippen LogP contribution in [0.4, 0.5) is 0 Å². The summed E-state index contributed by atoms with van der Waals surface area (Å²) in [6, 6.07) is 7.91. The summed E-state index contributed by atoms with van der Waals surface area (Å²) in [6.07, 6.45) is 2.05. The first kappa shape index (κ1) is 10.6. The molecule has 0 unspecified atom stereocenters. The van der Waals surface area contributed by atoms with Gasteiger partial charge in [-0.1, -0.05) is 30.7 Å².